The molecule has 1 aromatic heterocycles. The number of hydrogen-bond acceptors (Lipinski definition) is 4. The molecule has 7 heteroatoms. The highest BCUT2D eigenvalue weighted by Crippen LogP contribution is 2.35. The van der Waals surface area contributed by atoms with Crippen LogP contribution in [0.5, 0.6) is 0 Å². The molecule has 6 nitrogen and oxygen atoms in total. The van der Waals surface area contributed by atoms with E-state index in [2.05, 4.69) is 16.8 Å². The van der Waals surface area contributed by atoms with Crippen molar-refractivity contribution in [3.05, 3.63) is 22.2 Å². The van der Waals surface area contributed by atoms with Gasteiger partial charge in [-0.15, -0.1) is 0 Å². The van der Waals surface area contributed by atoms with Gasteiger partial charge in [-0.25, -0.2) is 4.79 Å². The zero-order valence-electron chi connectivity index (χ0n) is 12.0. The first-order valence-electron chi connectivity index (χ1n) is 6.37. The average Bonchev–Trinajstić information content (AvgIpc) is 2.29. The molecule has 0 amide bonds. The smallest absolute Gasteiger partial charge is 0.349 e. The Labute approximate surface area is 118 Å². The molecule has 20 heavy (non-hydrogen) atoms. The van der Waals surface area contributed by atoms with Crippen LogP contribution in [0.3, 0.4) is 0 Å². The van der Waals surface area contributed by atoms with Crippen molar-refractivity contribution >= 4 is 13.2 Å². The van der Waals surface area contributed by atoms with Crippen molar-refractivity contribution in [2.24, 2.45) is 0 Å². The molecule has 0 spiro atoms. The first kappa shape index (κ1) is 16.5. The molecular weight excluding hydrogens is 277 g/mol. The normalized spacial score (nSPS) is 13.7. The molecule has 0 aliphatic rings. The van der Waals surface area contributed by atoms with Gasteiger partial charge >= 0.3 is 5.69 Å². The number of nitrogen functional groups attached to an aromatic ring is 1. The topological polar surface area (TPSA) is 98.2 Å². The molecule has 0 aliphatic heterocycles. The van der Waals surface area contributed by atoms with E-state index in [0.717, 1.165) is 0 Å². The number of nitrogens with two attached hydrogens (primary N) is 1. The number of anilines is 1. The van der Waals surface area contributed by atoms with Crippen LogP contribution in [-0.4, -0.2) is 27.3 Å². The summed E-state index contributed by atoms with van der Waals surface area (Å²) < 4.78 is 12.6. The standard InChI is InChI=1S/C13H20N3O3P/c1-10(2)16-9-11(12(14)15-13(16)17)7-5-4-6-8-20(3,18)19/h9-10H,4,6,8H2,1-3H3,(H,18,19)(H2,14,15,17). The third kappa shape index (κ3) is 5.20. The van der Waals surface area contributed by atoms with Gasteiger partial charge in [0.2, 0.25) is 0 Å². The fraction of sp³-hybridized carbons (Fsp3) is 0.538. The molecule has 0 aromatic carbocycles. The van der Waals surface area contributed by atoms with Crippen LogP contribution in [0.25, 0.3) is 0 Å². The van der Waals surface area contributed by atoms with Crippen molar-refractivity contribution in [3.63, 3.8) is 0 Å². The van der Waals surface area contributed by atoms with Crippen molar-refractivity contribution < 1.29 is 9.46 Å². The van der Waals surface area contributed by atoms with Crippen LogP contribution in [0, 0.1) is 11.8 Å². The lowest BCUT2D eigenvalue weighted by molar-refractivity contribution is 0.483. The highest BCUT2D eigenvalue weighted by molar-refractivity contribution is 7.57. The monoisotopic (exact) mass is 297 g/mol. The van der Waals surface area contributed by atoms with Crippen LogP contribution in [0.15, 0.2) is 11.0 Å². The molecule has 0 saturated carbocycles. The van der Waals surface area contributed by atoms with E-state index in [4.69, 9.17) is 10.6 Å². The Balaban J connectivity index is 2.81. The molecule has 1 heterocycles. The maximum Gasteiger partial charge on any atom is 0.349 e. The third-order valence-corrected chi connectivity index (χ3v) is 3.78. The van der Waals surface area contributed by atoms with Crippen molar-refractivity contribution in [1.82, 2.24) is 9.55 Å². The summed E-state index contributed by atoms with van der Waals surface area (Å²) in [5.74, 6) is 5.85. The maximum absolute atomic E-state index is 11.6. The van der Waals surface area contributed by atoms with Gasteiger partial charge in [-0.3, -0.25) is 9.13 Å². The molecule has 0 bridgehead atoms. The molecule has 0 saturated heterocycles. The Morgan fingerprint density at radius 1 is 1.55 bits per heavy atom. The van der Waals surface area contributed by atoms with Crippen LogP contribution < -0.4 is 11.4 Å². The predicted molar refractivity (Wildman–Crippen MR) is 80.0 cm³/mol. The van der Waals surface area contributed by atoms with E-state index in [9.17, 15) is 9.36 Å². The van der Waals surface area contributed by atoms with Crippen LogP contribution in [-0.2, 0) is 4.57 Å². The fourth-order valence-corrected chi connectivity index (χ4v) is 2.31. The van der Waals surface area contributed by atoms with E-state index in [1.807, 2.05) is 13.8 Å². The van der Waals surface area contributed by atoms with Gasteiger partial charge in [-0.2, -0.15) is 4.98 Å². The van der Waals surface area contributed by atoms with Gasteiger partial charge in [0.05, 0.1) is 5.56 Å². The summed E-state index contributed by atoms with van der Waals surface area (Å²) in [6.45, 7) is 5.08. The fourth-order valence-electron chi connectivity index (χ4n) is 1.57. The van der Waals surface area contributed by atoms with Gasteiger partial charge in [0.25, 0.3) is 0 Å². The summed E-state index contributed by atoms with van der Waals surface area (Å²) in [5, 5.41) is 0. The predicted octanol–water partition coefficient (Wildman–Crippen LogP) is 1.44. The Morgan fingerprint density at radius 2 is 2.20 bits per heavy atom. The summed E-state index contributed by atoms with van der Waals surface area (Å²) in [5.41, 5.74) is 5.77. The second kappa shape index (κ2) is 6.74. The molecule has 110 valence electrons. The molecule has 1 atom stereocenters. The van der Waals surface area contributed by atoms with Gasteiger partial charge in [-0.05, 0) is 20.3 Å². The van der Waals surface area contributed by atoms with E-state index in [0.29, 0.717) is 18.4 Å². The van der Waals surface area contributed by atoms with Gasteiger partial charge in [0.15, 0.2) is 7.37 Å². The molecule has 1 rings (SSSR count). The van der Waals surface area contributed by atoms with Gasteiger partial charge in [0, 0.05) is 31.5 Å². The Hall–Kier alpha value is -1.57. The van der Waals surface area contributed by atoms with Gasteiger partial charge in [-0.1, -0.05) is 11.8 Å². The van der Waals surface area contributed by atoms with E-state index in [1.54, 1.807) is 6.20 Å². The second-order valence-electron chi connectivity index (χ2n) is 5.00. The molecular formula is C13H20N3O3P. The van der Waals surface area contributed by atoms with Gasteiger partial charge < -0.3 is 10.6 Å². The second-order valence-corrected chi connectivity index (χ2v) is 7.55. The number of aromatic nitrogens is 2. The van der Waals surface area contributed by atoms with E-state index >= 15 is 0 Å². The first-order valence-corrected chi connectivity index (χ1v) is 8.66. The van der Waals surface area contributed by atoms with E-state index in [-0.39, 0.29) is 18.0 Å². The molecule has 1 aromatic rings. The van der Waals surface area contributed by atoms with E-state index in [1.165, 1.54) is 11.2 Å². The summed E-state index contributed by atoms with van der Waals surface area (Å²) in [4.78, 5) is 24.5. The van der Waals surface area contributed by atoms with Crippen LogP contribution >= 0.6 is 7.37 Å². The number of hydrogen-bond donors (Lipinski definition) is 2. The molecule has 0 radical (unpaired) electrons. The van der Waals surface area contributed by atoms with Crippen molar-refractivity contribution in [2.45, 2.75) is 32.7 Å². The highest BCUT2D eigenvalue weighted by atomic mass is 31.2. The number of rotatable bonds is 4. The lowest BCUT2D eigenvalue weighted by Gasteiger charge is -2.09. The van der Waals surface area contributed by atoms with Crippen LogP contribution in [0.4, 0.5) is 5.82 Å². The summed E-state index contributed by atoms with van der Waals surface area (Å²) in [6.07, 6.45) is 2.90. The first-order chi connectivity index (χ1) is 9.20. The maximum atomic E-state index is 11.6. The zero-order chi connectivity index (χ0) is 15.3. The minimum Gasteiger partial charge on any atom is -0.382 e. The molecule has 1 unspecified atom stereocenters. The summed E-state index contributed by atoms with van der Waals surface area (Å²) in [7, 11) is -2.97. The average molecular weight is 297 g/mol. The largest absolute Gasteiger partial charge is 0.382 e. The van der Waals surface area contributed by atoms with Crippen molar-refractivity contribution in [2.75, 3.05) is 18.6 Å². The zero-order valence-corrected chi connectivity index (χ0v) is 12.9. The van der Waals surface area contributed by atoms with Gasteiger partial charge in [0.1, 0.15) is 5.82 Å². The lowest BCUT2D eigenvalue weighted by Crippen LogP contribution is -2.25. The Morgan fingerprint density at radius 3 is 2.75 bits per heavy atom. The SMILES string of the molecule is CC(C)n1cc(C#CCCCP(C)(=O)O)c(N)nc1=O. The highest BCUT2D eigenvalue weighted by Gasteiger charge is 2.08. The van der Waals surface area contributed by atoms with Crippen LogP contribution in [0.1, 0.15) is 38.3 Å². The third-order valence-electron chi connectivity index (χ3n) is 2.64. The molecule has 0 fully saturated rings. The minimum atomic E-state index is -2.97. The van der Waals surface area contributed by atoms with Crippen LogP contribution in [0.2, 0.25) is 0 Å². The quantitative estimate of drug-likeness (QED) is 0.498. The number of unbranched alkanes of at least 4 members (excludes halogenated alkanes) is 1. The van der Waals surface area contributed by atoms with E-state index < -0.39 is 13.1 Å². The molecule has 0 aliphatic carbocycles. The van der Waals surface area contributed by atoms with Crippen molar-refractivity contribution in [1.29, 1.82) is 0 Å². The summed E-state index contributed by atoms with van der Waals surface area (Å²) >= 11 is 0. The minimum absolute atomic E-state index is 0.0171. The Kier molecular flexibility index (Phi) is 5.55. The lowest BCUT2D eigenvalue weighted by atomic mass is 10.2. The molecule has 3 N–H and O–H groups in total. The van der Waals surface area contributed by atoms with Crippen molar-refractivity contribution in [3.8, 4) is 11.8 Å². The summed E-state index contributed by atoms with van der Waals surface area (Å²) in [6, 6.07) is -0.0171. The number of nitrogens with zero attached hydrogens (tertiary/aromatic N) is 2. The Bertz CT molecular complexity index is 634.